The molecule has 2 aromatic heterocycles. The highest BCUT2D eigenvalue weighted by Crippen LogP contribution is 2.33. The van der Waals surface area contributed by atoms with Crippen LogP contribution in [0.5, 0.6) is 0 Å². The van der Waals surface area contributed by atoms with Crippen LogP contribution >= 0.6 is 11.3 Å². The third kappa shape index (κ3) is 4.81. The number of hydrogen-bond acceptors (Lipinski definition) is 7. The van der Waals surface area contributed by atoms with E-state index >= 15 is 0 Å². The van der Waals surface area contributed by atoms with E-state index in [0.717, 1.165) is 67.8 Å². The Balaban J connectivity index is 1.62. The maximum Gasteiger partial charge on any atom is 0.146 e. The van der Waals surface area contributed by atoms with Crippen LogP contribution in [0.2, 0.25) is 0 Å². The topological polar surface area (TPSA) is 53.5 Å². The molecule has 0 radical (unpaired) electrons. The second kappa shape index (κ2) is 9.39. The van der Waals surface area contributed by atoms with Gasteiger partial charge in [-0.05, 0) is 44.6 Å². The lowest BCUT2D eigenvalue weighted by atomic mass is 10.1. The van der Waals surface area contributed by atoms with Gasteiger partial charge in [0.1, 0.15) is 16.5 Å². The smallest absolute Gasteiger partial charge is 0.146 e. The molecular formula is C23H31N5OS. The summed E-state index contributed by atoms with van der Waals surface area (Å²) < 4.78 is 5.48. The zero-order valence-electron chi connectivity index (χ0n) is 18.4. The number of fused-ring (bicyclic) bond motifs is 1. The van der Waals surface area contributed by atoms with Crippen LogP contribution in [0.25, 0.3) is 10.2 Å². The molecule has 0 amide bonds. The van der Waals surface area contributed by atoms with Gasteiger partial charge < -0.3 is 15.0 Å². The molecule has 1 aliphatic heterocycles. The predicted octanol–water partition coefficient (Wildman–Crippen LogP) is 3.81. The van der Waals surface area contributed by atoms with Gasteiger partial charge in [-0.3, -0.25) is 4.90 Å². The van der Waals surface area contributed by atoms with Gasteiger partial charge in [0.15, 0.2) is 0 Å². The average molecular weight is 426 g/mol. The fourth-order valence-corrected chi connectivity index (χ4v) is 4.90. The summed E-state index contributed by atoms with van der Waals surface area (Å²) in [6.07, 6.45) is 0. The molecular weight excluding hydrogens is 394 g/mol. The Labute approximate surface area is 182 Å². The number of morpholine rings is 1. The van der Waals surface area contributed by atoms with Crippen LogP contribution in [0.3, 0.4) is 0 Å². The molecule has 30 heavy (non-hydrogen) atoms. The largest absolute Gasteiger partial charge is 0.379 e. The maximum absolute atomic E-state index is 5.48. The molecule has 1 fully saturated rings. The number of thiophene rings is 1. The lowest BCUT2D eigenvalue weighted by Gasteiger charge is -2.25. The molecule has 0 spiro atoms. The van der Waals surface area contributed by atoms with Crippen LogP contribution in [0.4, 0.5) is 5.82 Å². The molecule has 0 unspecified atom stereocenters. The zero-order chi connectivity index (χ0) is 21.1. The van der Waals surface area contributed by atoms with Crippen molar-refractivity contribution >= 4 is 27.4 Å². The molecule has 0 saturated carbocycles. The van der Waals surface area contributed by atoms with E-state index < -0.39 is 0 Å². The van der Waals surface area contributed by atoms with Gasteiger partial charge in [-0.1, -0.05) is 24.3 Å². The number of nitrogens with zero attached hydrogens (tertiary/aromatic N) is 4. The average Bonchev–Trinajstić information content (AvgIpc) is 3.01. The number of aryl methyl sites for hydroxylation is 2. The molecule has 3 aromatic rings. The molecule has 6 nitrogen and oxygen atoms in total. The van der Waals surface area contributed by atoms with E-state index in [9.17, 15) is 0 Å². The molecule has 1 saturated heterocycles. The molecule has 4 rings (SSSR count). The minimum atomic E-state index is 0.751. The van der Waals surface area contributed by atoms with Crippen LogP contribution in [0, 0.1) is 13.8 Å². The van der Waals surface area contributed by atoms with Crippen molar-refractivity contribution in [2.24, 2.45) is 0 Å². The predicted molar refractivity (Wildman–Crippen MR) is 124 cm³/mol. The number of ether oxygens (including phenoxy) is 1. The first-order valence-corrected chi connectivity index (χ1v) is 11.3. The van der Waals surface area contributed by atoms with Crippen LogP contribution in [0.15, 0.2) is 24.3 Å². The van der Waals surface area contributed by atoms with Crippen molar-refractivity contribution in [3.05, 3.63) is 51.7 Å². The van der Waals surface area contributed by atoms with Gasteiger partial charge in [-0.15, -0.1) is 11.3 Å². The van der Waals surface area contributed by atoms with E-state index in [1.165, 1.54) is 21.6 Å². The third-order valence-electron chi connectivity index (χ3n) is 5.59. The molecule has 7 heteroatoms. The first kappa shape index (κ1) is 21.2. The molecule has 1 aromatic carbocycles. The van der Waals surface area contributed by atoms with E-state index in [4.69, 9.17) is 14.7 Å². The Hall–Kier alpha value is -2.06. The minimum absolute atomic E-state index is 0.751. The fraction of sp³-hybridized carbons (Fsp3) is 0.478. The fourth-order valence-electron chi connectivity index (χ4n) is 3.86. The number of rotatable bonds is 7. The molecule has 1 aliphatic rings. The summed E-state index contributed by atoms with van der Waals surface area (Å²) in [7, 11) is 4.21. The van der Waals surface area contributed by atoms with Crippen molar-refractivity contribution in [3.8, 4) is 0 Å². The van der Waals surface area contributed by atoms with Crippen LogP contribution in [0.1, 0.15) is 27.4 Å². The molecule has 1 N–H and O–H groups in total. The van der Waals surface area contributed by atoms with E-state index in [-0.39, 0.29) is 0 Å². The van der Waals surface area contributed by atoms with Crippen molar-refractivity contribution in [1.29, 1.82) is 0 Å². The summed E-state index contributed by atoms with van der Waals surface area (Å²) in [4.78, 5) is 16.8. The summed E-state index contributed by atoms with van der Waals surface area (Å²) >= 11 is 1.76. The van der Waals surface area contributed by atoms with Crippen molar-refractivity contribution < 1.29 is 4.74 Å². The molecule has 0 bridgehead atoms. The summed E-state index contributed by atoms with van der Waals surface area (Å²) in [5, 5.41) is 4.80. The van der Waals surface area contributed by atoms with Crippen molar-refractivity contribution in [3.63, 3.8) is 0 Å². The third-order valence-corrected chi connectivity index (χ3v) is 6.70. The Morgan fingerprint density at radius 3 is 2.57 bits per heavy atom. The van der Waals surface area contributed by atoms with Crippen LogP contribution in [-0.2, 0) is 24.4 Å². The van der Waals surface area contributed by atoms with Gasteiger partial charge >= 0.3 is 0 Å². The first-order chi connectivity index (χ1) is 14.5. The maximum atomic E-state index is 5.48. The minimum Gasteiger partial charge on any atom is -0.379 e. The van der Waals surface area contributed by atoms with Gasteiger partial charge in [0, 0.05) is 31.1 Å². The Morgan fingerprint density at radius 2 is 1.83 bits per heavy atom. The Bertz CT molecular complexity index is 1010. The quantitative estimate of drug-likeness (QED) is 0.621. The number of hydrogen-bond donors (Lipinski definition) is 1. The number of benzene rings is 1. The SMILES string of the molecule is Cc1sc2nc(CN3CCOCC3)nc(NCc3ccccc3CN(C)C)c2c1C. The van der Waals surface area contributed by atoms with Crippen molar-refractivity contribution in [2.45, 2.75) is 33.5 Å². The molecule has 160 valence electrons. The van der Waals surface area contributed by atoms with E-state index in [1.807, 2.05) is 0 Å². The van der Waals surface area contributed by atoms with Crippen molar-refractivity contribution in [2.75, 3.05) is 45.7 Å². The Morgan fingerprint density at radius 1 is 1.10 bits per heavy atom. The highest BCUT2D eigenvalue weighted by atomic mass is 32.1. The summed E-state index contributed by atoms with van der Waals surface area (Å²) in [5.74, 6) is 1.83. The van der Waals surface area contributed by atoms with Gasteiger partial charge in [-0.2, -0.15) is 0 Å². The zero-order valence-corrected chi connectivity index (χ0v) is 19.2. The number of anilines is 1. The van der Waals surface area contributed by atoms with Crippen LogP contribution in [-0.4, -0.2) is 60.2 Å². The standard InChI is InChI=1S/C23H31N5OS/c1-16-17(2)30-23-21(16)22(25-20(26-23)15-28-9-11-29-12-10-28)24-13-18-7-5-6-8-19(18)14-27(3)4/h5-8H,9-15H2,1-4H3,(H,24,25,26). The monoisotopic (exact) mass is 425 g/mol. The normalized spacial score (nSPS) is 15.2. The van der Waals surface area contributed by atoms with E-state index in [1.54, 1.807) is 11.3 Å². The van der Waals surface area contributed by atoms with E-state index in [2.05, 4.69) is 67.3 Å². The molecule has 0 atom stereocenters. The second-order valence-corrected chi connectivity index (χ2v) is 9.40. The van der Waals surface area contributed by atoms with Gasteiger partial charge in [0.25, 0.3) is 0 Å². The summed E-state index contributed by atoms with van der Waals surface area (Å²) in [5.41, 5.74) is 3.92. The highest BCUT2D eigenvalue weighted by molar-refractivity contribution is 7.18. The molecule has 3 heterocycles. The van der Waals surface area contributed by atoms with Gasteiger partial charge in [0.2, 0.25) is 0 Å². The van der Waals surface area contributed by atoms with Gasteiger partial charge in [-0.25, -0.2) is 9.97 Å². The Kier molecular flexibility index (Phi) is 6.63. The number of aromatic nitrogens is 2. The van der Waals surface area contributed by atoms with E-state index in [0.29, 0.717) is 0 Å². The van der Waals surface area contributed by atoms with Gasteiger partial charge in [0.05, 0.1) is 25.1 Å². The first-order valence-electron chi connectivity index (χ1n) is 10.5. The van der Waals surface area contributed by atoms with Crippen molar-refractivity contribution in [1.82, 2.24) is 19.8 Å². The lowest BCUT2D eigenvalue weighted by molar-refractivity contribution is 0.0331. The summed E-state index contributed by atoms with van der Waals surface area (Å²) in [6, 6.07) is 8.62. The lowest BCUT2D eigenvalue weighted by Crippen LogP contribution is -2.36. The van der Waals surface area contributed by atoms with Crippen LogP contribution < -0.4 is 5.32 Å². The summed E-state index contributed by atoms with van der Waals surface area (Å²) in [6.45, 7) is 10.2. The highest BCUT2D eigenvalue weighted by Gasteiger charge is 2.18. The second-order valence-electron chi connectivity index (χ2n) is 8.20. The number of nitrogens with one attached hydrogen (secondary N) is 1. The molecule has 0 aliphatic carbocycles.